The molecule has 0 aliphatic carbocycles. The Hall–Kier alpha value is -0.940. The molecule has 1 aliphatic rings. The molecule has 1 saturated heterocycles. The Bertz CT molecular complexity index is 430. The minimum absolute atomic E-state index is 0.0354. The average Bonchev–Trinajstić information content (AvgIpc) is 2.45. The molecular formula is C14H20BrN3O. The summed E-state index contributed by atoms with van der Waals surface area (Å²) in [5.41, 5.74) is 0.611. The molecule has 1 amide bonds. The number of nitrogens with one attached hydrogen (secondary N) is 1. The highest BCUT2D eigenvalue weighted by Gasteiger charge is 2.18. The van der Waals surface area contributed by atoms with E-state index in [1.165, 1.54) is 12.8 Å². The summed E-state index contributed by atoms with van der Waals surface area (Å²) in [5.74, 6) is 0.568. The van der Waals surface area contributed by atoms with Gasteiger partial charge in [0.25, 0.3) is 5.91 Å². The van der Waals surface area contributed by atoms with Crippen molar-refractivity contribution < 1.29 is 4.79 Å². The summed E-state index contributed by atoms with van der Waals surface area (Å²) in [5, 5.41) is 3.01. The molecule has 0 radical (unpaired) electrons. The lowest BCUT2D eigenvalue weighted by Gasteiger charge is -2.31. The largest absolute Gasteiger partial charge is 0.352 e. The monoisotopic (exact) mass is 325 g/mol. The fourth-order valence-electron chi connectivity index (χ4n) is 2.38. The molecule has 0 saturated carbocycles. The third-order valence-corrected chi connectivity index (χ3v) is 4.11. The number of carbonyl (C=O) groups excluding carboxylic acids is 1. The summed E-state index contributed by atoms with van der Waals surface area (Å²) in [4.78, 5) is 18.4. The SMILES string of the molecule is CCN1CCC(CNC(=O)c2cncc(Br)c2)CC1. The lowest BCUT2D eigenvalue weighted by atomic mass is 9.97. The van der Waals surface area contributed by atoms with Crippen LogP contribution < -0.4 is 5.32 Å². The van der Waals surface area contributed by atoms with E-state index in [4.69, 9.17) is 0 Å². The predicted molar refractivity (Wildman–Crippen MR) is 79.1 cm³/mol. The number of amides is 1. The predicted octanol–water partition coefficient (Wildman–Crippen LogP) is 2.31. The summed E-state index contributed by atoms with van der Waals surface area (Å²) in [6.45, 7) is 6.39. The molecular weight excluding hydrogens is 306 g/mol. The van der Waals surface area contributed by atoms with Gasteiger partial charge in [-0.3, -0.25) is 9.78 Å². The van der Waals surface area contributed by atoms with Crippen molar-refractivity contribution in [1.82, 2.24) is 15.2 Å². The van der Waals surface area contributed by atoms with Gasteiger partial charge >= 0.3 is 0 Å². The Morgan fingerprint density at radius 2 is 2.21 bits per heavy atom. The minimum Gasteiger partial charge on any atom is -0.352 e. The maximum atomic E-state index is 12.0. The Morgan fingerprint density at radius 3 is 2.84 bits per heavy atom. The Morgan fingerprint density at radius 1 is 1.47 bits per heavy atom. The maximum absolute atomic E-state index is 12.0. The molecule has 0 bridgehead atoms. The second kappa shape index (κ2) is 7.01. The van der Waals surface area contributed by atoms with Crippen LogP contribution >= 0.6 is 15.9 Å². The second-order valence-corrected chi connectivity index (χ2v) is 5.90. The Kier molecular flexibility index (Phi) is 5.34. The molecule has 0 spiro atoms. The topological polar surface area (TPSA) is 45.2 Å². The lowest BCUT2D eigenvalue weighted by Crippen LogP contribution is -2.38. The highest BCUT2D eigenvalue weighted by Crippen LogP contribution is 2.16. The van der Waals surface area contributed by atoms with Gasteiger partial charge in [0, 0.05) is 23.4 Å². The number of rotatable bonds is 4. The van der Waals surface area contributed by atoms with Gasteiger partial charge in [0.1, 0.15) is 0 Å². The first-order chi connectivity index (χ1) is 9.19. The highest BCUT2D eigenvalue weighted by molar-refractivity contribution is 9.10. The molecule has 2 rings (SSSR count). The van der Waals surface area contributed by atoms with Gasteiger partial charge in [-0.05, 0) is 60.4 Å². The Labute approximate surface area is 122 Å². The van der Waals surface area contributed by atoms with Crippen molar-refractivity contribution >= 4 is 21.8 Å². The quantitative estimate of drug-likeness (QED) is 0.923. The zero-order valence-corrected chi connectivity index (χ0v) is 12.8. The molecule has 104 valence electrons. The number of hydrogen-bond donors (Lipinski definition) is 1. The van der Waals surface area contributed by atoms with E-state index in [-0.39, 0.29) is 5.91 Å². The van der Waals surface area contributed by atoms with Gasteiger partial charge in [0.15, 0.2) is 0 Å². The number of aromatic nitrogens is 1. The van der Waals surface area contributed by atoms with Crippen molar-refractivity contribution in [3.63, 3.8) is 0 Å². The number of carbonyl (C=O) groups is 1. The van der Waals surface area contributed by atoms with Gasteiger partial charge in [-0.25, -0.2) is 0 Å². The summed E-state index contributed by atoms with van der Waals surface area (Å²) in [6, 6.07) is 1.79. The molecule has 1 aromatic heterocycles. The van der Waals surface area contributed by atoms with E-state index < -0.39 is 0 Å². The zero-order valence-electron chi connectivity index (χ0n) is 11.2. The zero-order chi connectivity index (χ0) is 13.7. The lowest BCUT2D eigenvalue weighted by molar-refractivity contribution is 0.0936. The summed E-state index contributed by atoms with van der Waals surface area (Å²) < 4.78 is 0.830. The van der Waals surface area contributed by atoms with Crippen molar-refractivity contribution in [3.8, 4) is 0 Å². The standard InChI is InChI=1S/C14H20BrN3O/c1-2-18-5-3-11(4-6-18)8-17-14(19)12-7-13(15)10-16-9-12/h7,9-11H,2-6,8H2,1H3,(H,17,19). The fourth-order valence-corrected chi connectivity index (χ4v) is 2.75. The van der Waals surface area contributed by atoms with E-state index in [0.717, 1.165) is 30.7 Å². The van der Waals surface area contributed by atoms with Crippen LogP contribution in [-0.4, -0.2) is 42.0 Å². The molecule has 1 fully saturated rings. The molecule has 2 heterocycles. The van der Waals surface area contributed by atoms with Crippen molar-refractivity contribution in [2.24, 2.45) is 5.92 Å². The van der Waals surface area contributed by atoms with Crippen LogP contribution in [0, 0.1) is 5.92 Å². The molecule has 19 heavy (non-hydrogen) atoms. The van der Waals surface area contributed by atoms with Crippen LogP contribution in [0.3, 0.4) is 0 Å². The fraction of sp³-hybridized carbons (Fsp3) is 0.571. The van der Waals surface area contributed by atoms with E-state index in [1.807, 2.05) is 0 Å². The number of halogens is 1. The second-order valence-electron chi connectivity index (χ2n) is 4.98. The van der Waals surface area contributed by atoms with E-state index in [9.17, 15) is 4.79 Å². The van der Waals surface area contributed by atoms with Crippen LogP contribution in [0.15, 0.2) is 22.9 Å². The normalized spacial score (nSPS) is 17.4. The van der Waals surface area contributed by atoms with E-state index in [1.54, 1.807) is 18.5 Å². The van der Waals surface area contributed by atoms with Crippen molar-refractivity contribution in [3.05, 3.63) is 28.5 Å². The molecule has 1 N–H and O–H groups in total. The van der Waals surface area contributed by atoms with Gasteiger partial charge in [-0.2, -0.15) is 0 Å². The maximum Gasteiger partial charge on any atom is 0.252 e. The van der Waals surface area contributed by atoms with Crippen LogP contribution in [0.2, 0.25) is 0 Å². The number of nitrogens with zero attached hydrogens (tertiary/aromatic N) is 2. The molecule has 5 heteroatoms. The smallest absolute Gasteiger partial charge is 0.252 e. The summed E-state index contributed by atoms with van der Waals surface area (Å²) >= 11 is 3.32. The van der Waals surface area contributed by atoms with Crippen LogP contribution in [0.5, 0.6) is 0 Å². The molecule has 0 atom stereocenters. The van der Waals surface area contributed by atoms with E-state index >= 15 is 0 Å². The van der Waals surface area contributed by atoms with Gasteiger partial charge in [-0.15, -0.1) is 0 Å². The number of likely N-dealkylation sites (tertiary alicyclic amines) is 1. The number of piperidine rings is 1. The first kappa shape index (κ1) is 14.5. The minimum atomic E-state index is -0.0354. The first-order valence-electron chi connectivity index (χ1n) is 6.80. The molecule has 1 aliphatic heterocycles. The molecule has 0 unspecified atom stereocenters. The summed E-state index contributed by atoms with van der Waals surface area (Å²) in [6.07, 6.45) is 5.62. The average molecular weight is 326 g/mol. The summed E-state index contributed by atoms with van der Waals surface area (Å²) in [7, 11) is 0. The Balaban J connectivity index is 1.78. The van der Waals surface area contributed by atoms with Gasteiger partial charge < -0.3 is 10.2 Å². The van der Waals surface area contributed by atoms with Crippen LogP contribution in [0.25, 0.3) is 0 Å². The van der Waals surface area contributed by atoms with Crippen LogP contribution in [-0.2, 0) is 0 Å². The van der Waals surface area contributed by atoms with E-state index in [0.29, 0.717) is 11.5 Å². The third-order valence-electron chi connectivity index (χ3n) is 3.67. The van der Waals surface area contributed by atoms with Crippen molar-refractivity contribution in [2.45, 2.75) is 19.8 Å². The van der Waals surface area contributed by atoms with Crippen molar-refractivity contribution in [2.75, 3.05) is 26.2 Å². The van der Waals surface area contributed by atoms with E-state index in [2.05, 4.69) is 38.1 Å². The number of pyridine rings is 1. The third kappa shape index (κ3) is 4.28. The highest BCUT2D eigenvalue weighted by atomic mass is 79.9. The van der Waals surface area contributed by atoms with Crippen LogP contribution in [0.4, 0.5) is 0 Å². The molecule has 1 aromatic rings. The van der Waals surface area contributed by atoms with Gasteiger partial charge in [-0.1, -0.05) is 6.92 Å². The van der Waals surface area contributed by atoms with Crippen LogP contribution in [0.1, 0.15) is 30.1 Å². The van der Waals surface area contributed by atoms with Crippen molar-refractivity contribution in [1.29, 1.82) is 0 Å². The number of hydrogen-bond acceptors (Lipinski definition) is 3. The molecule has 0 aromatic carbocycles. The van der Waals surface area contributed by atoms with Gasteiger partial charge in [0.05, 0.1) is 5.56 Å². The first-order valence-corrected chi connectivity index (χ1v) is 7.59. The van der Waals surface area contributed by atoms with Gasteiger partial charge in [0.2, 0.25) is 0 Å². The molecule has 4 nitrogen and oxygen atoms in total.